The number of hydrogen-bond donors (Lipinski definition) is 2. The molecule has 0 aliphatic heterocycles. The van der Waals surface area contributed by atoms with Gasteiger partial charge in [0.25, 0.3) is 0 Å². The van der Waals surface area contributed by atoms with Gasteiger partial charge in [0, 0.05) is 11.1 Å². The van der Waals surface area contributed by atoms with Crippen LogP contribution >= 0.6 is 0 Å². The predicted molar refractivity (Wildman–Crippen MR) is 99.3 cm³/mol. The number of carbonyl (C=O) groups excluding carboxylic acids is 1. The summed E-state index contributed by atoms with van der Waals surface area (Å²) in [5.74, 6) is -1.40. The van der Waals surface area contributed by atoms with Crippen molar-refractivity contribution in [2.24, 2.45) is 0 Å². The molecule has 1 unspecified atom stereocenters. The topological polar surface area (TPSA) is 83.8 Å². The third-order valence-corrected chi connectivity index (χ3v) is 4.13. The second-order valence-electron chi connectivity index (χ2n) is 6.47. The summed E-state index contributed by atoms with van der Waals surface area (Å²) in [7, 11) is 0. The van der Waals surface area contributed by atoms with E-state index < -0.39 is 11.9 Å². The molecular weight excluding hydrogens is 320 g/mol. The van der Waals surface area contributed by atoms with Crippen LogP contribution in [-0.2, 0) is 14.3 Å². The number of esters is 1. The fraction of sp³-hybridized carbons (Fsp3) is 0.700. The molecule has 0 fully saturated rings. The van der Waals surface area contributed by atoms with Gasteiger partial charge in [-0.3, -0.25) is 0 Å². The zero-order chi connectivity index (χ0) is 19.1. The van der Waals surface area contributed by atoms with Gasteiger partial charge in [-0.15, -0.1) is 0 Å². The smallest absolute Gasteiger partial charge is 0.333 e. The van der Waals surface area contributed by atoms with E-state index in [0.29, 0.717) is 12.2 Å². The molecule has 0 rings (SSSR count). The zero-order valence-electron chi connectivity index (χ0n) is 15.9. The maximum Gasteiger partial charge on any atom is 0.333 e. The summed E-state index contributed by atoms with van der Waals surface area (Å²) in [5, 5.41) is 18.2. The van der Waals surface area contributed by atoms with Gasteiger partial charge in [0.15, 0.2) is 0 Å². The largest absolute Gasteiger partial charge is 0.478 e. The van der Waals surface area contributed by atoms with Crippen LogP contribution in [0.2, 0.25) is 0 Å². The van der Waals surface area contributed by atoms with Crippen molar-refractivity contribution in [3.8, 4) is 0 Å². The zero-order valence-corrected chi connectivity index (χ0v) is 15.9. The molecule has 0 bridgehead atoms. The molecule has 5 nitrogen and oxygen atoms in total. The molecule has 0 aromatic carbocycles. The first-order chi connectivity index (χ1) is 11.9. The molecule has 144 valence electrons. The number of ether oxygens (including phenoxy) is 1. The minimum atomic E-state index is -1.00. The Morgan fingerprint density at radius 3 is 2.00 bits per heavy atom. The first-order valence-corrected chi connectivity index (χ1v) is 9.32. The Morgan fingerprint density at radius 1 is 0.920 bits per heavy atom. The predicted octanol–water partition coefficient (Wildman–Crippen LogP) is 4.40. The molecule has 0 saturated carbocycles. The molecule has 1 atom stereocenters. The summed E-state index contributed by atoms with van der Waals surface area (Å²) in [6.45, 7) is 5.49. The number of carbonyl (C=O) groups is 2. The van der Waals surface area contributed by atoms with Gasteiger partial charge in [-0.05, 0) is 33.1 Å². The molecule has 0 aromatic rings. The third kappa shape index (κ3) is 13.4. The number of unbranched alkanes of at least 4 members (excludes halogenated alkanes) is 6. The van der Waals surface area contributed by atoms with Crippen LogP contribution in [0, 0.1) is 0 Å². The lowest BCUT2D eigenvalue weighted by atomic mass is 10.1. The highest BCUT2D eigenvalue weighted by Crippen LogP contribution is 2.11. The van der Waals surface area contributed by atoms with E-state index in [1.165, 1.54) is 38.3 Å². The monoisotopic (exact) mass is 354 g/mol. The van der Waals surface area contributed by atoms with Gasteiger partial charge >= 0.3 is 11.9 Å². The molecule has 25 heavy (non-hydrogen) atoms. The Kier molecular flexibility index (Phi) is 13.7. The number of allylic oxidation sites excluding steroid dienone is 2. The fourth-order valence-electron chi connectivity index (χ4n) is 2.24. The van der Waals surface area contributed by atoms with E-state index in [1.807, 2.05) is 6.92 Å². The van der Waals surface area contributed by atoms with Crippen molar-refractivity contribution in [3.63, 3.8) is 0 Å². The van der Waals surface area contributed by atoms with Crippen molar-refractivity contribution in [1.29, 1.82) is 0 Å². The van der Waals surface area contributed by atoms with E-state index in [0.717, 1.165) is 38.5 Å². The summed E-state index contributed by atoms with van der Waals surface area (Å²) in [5.41, 5.74) is 0.575. The van der Waals surface area contributed by atoms with Gasteiger partial charge in [0.1, 0.15) is 0 Å². The lowest BCUT2D eigenvalue weighted by Gasteiger charge is -2.07. The van der Waals surface area contributed by atoms with Gasteiger partial charge in [-0.1, -0.05) is 57.6 Å². The maximum atomic E-state index is 11.7. The van der Waals surface area contributed by atoms with Crippen LogP contribution in [-0.4, -0.2) is 34.9 Å². The number of carboxylic acid groups (broad SMARTS) is 1. The van der Waals surface area contributed by atoms with Crippen molar-refractivity contribution in [2.45, 2.75) is 84.7 Å². The molecule has 0 aromatic heterocycles. The van der Waals surface area contributed by atoms with Gasteiger partial charge in [-0.25, -0.2) is 9.59 Å². The second-order valence-corrected chi connectivity index (χ2v) is 6.47. The molecule has 0 radical (unpaired) electrons. The Hall–Kier alpha value is -1.62. The van der Waals surface area contributed by atoms with E-state index in [2.05, 4.69) is 0 Å². The number of hydrogen-bond acceptors (Lipinski definition) is 4. The number of rotatable bonds is 14. The Labute approximate surface area is 151 Å². The molecule has 0 heterocycles. The second kappa shape index (κ2) is 14.7. The number of aliphatic hydroxyl groups excluding tert-OH is 1. The molecule has 0 saturated heterocycles. The van der Waals surface area contributed by atoms with Crippen molar-refractivity contribution in [3.05, 3.63) is 23.3 Å². The molecule has 0 amide bonds. The fourth-order valence-corrected chi connectivity index (χ4v) is 2.24. The van der Waals surface area contributed by atoms with Crippen LogP contribution in [0.15, 0.2) is 23.3 Å². The Bertz CT molecular complexity index is 451. The van der Waals surface area contributed by atoms with Crippen molar-refractivity contribution >= 4 is 11.9 Å². The minimum Gasteiger partial charge on any atom is -0.478 e. The van der Waals surface area contributed by atoms with Crippen LogP contribution in [0.5, 0.6) is 0 Å². The van der Waals surface area contributed by atoms with Gasteiger partial charge in [-0.2, -0.15) is 0 Å². The van der Waals surface area contributed by atoms with Gasteiger partial charge in [0.05, 0.1) is 12.7 Å². The van der Waals surface area contributed by atoms with Crippen LogP contribution in [0.4, 0.5) is 0 Å². The molecule has 5 heteroatoms. The Balaban J connectivity index is 3.65. The SMILES string of the molecule is CCC(O)CCCCCCCCCOC(=O)C(C)=CC=C(C)C(=O)O. The average molecular weight is 354 g/mol. The first-order valence-electron chi connectivity index (χ1n) is 9.32. The summed E-state index contributed by atoms with van der Waals surface area (Å²) in [6, 6.07) is 0. The Morgan fingerprint density at radius 2 is 1.44 bits per heavy atom. The lowest BCUT2D eigenvalue weighted by molar-refractivity contribution is -0.139. The van der Waals surface area contributed by atoms with Gasteiger partial charge < -0.3 is 14.9 Å². The number of carboxylic acids is 1. The summed E-state index contributed by atoms with van der Waals surface area (Å²) >= 11 is 0. The summed E-state index contributed by atoms with van der Waals surface area (Å²) in [4.78, 5) is 22.4. The van der Waals surface area contributed by atoms with E-state index in [-0.39, 0.29) is 11.7 Å². The van der Waals surface area contributed by atoms with Gasteiger partial charge in [0.2, 0.25) is 0 Å². The van der Waals surface area contributed by atoms with E-state index in [9.17, 15) is 14.7 Å². The molecule has 0 aliphatic carbocycles. The van der Waals surface area contributed by atoms with E-state index in [4.69, 9.17) is 9.84 Å². The van der Waals surface area contributed by atoms with Crippen LogP contribution in [0.3, 0.4) is 0 Å². The quantitative estimate of drug-likeness (QED) is 0.209. The van der Waals surface area contributed by atoms with E-state index in [1.54, 1.807) is 6.92 Å². The first kappa shape index (κ1) is 23.4. The molecule has 0 spiro atoms. The molecule has 0 aliphatic rings. The van der Waals surface area contributed by atoms with E-state index >= 15 is 0 Å². The van der Waals surface area contributed by atoms with Crippen LogP contribution in [0.25, 0.3) is 0 Å². The maximum absolute atomic E-state index is 11.7. The molecular formula is C20H34O5. The number of aliphatic hydroxyl groups is 1. The van der Waals surface area contributed by atoms with Crippen LogP contribution in [0.1, 0.15) is 78.6 Å². The summed E-state index contributed by atoms with van der Waals surface area (Å²) < 4.78 is 5.17. The average Bonchev–Trinajstić information content (AvgIpc) is 2.59. The highest BCUT2D eigenvalue weighted by Gasteiger charge is 2.05. The molecule has 2 N–H and O–H groups in total. The lowest BCUT2D eigenvalue weighted by Crippen LogP contribution is -2.07. The van der Waals surface area contributed by atoms with Crippen LogP contribution < -0.4 is 0 Å². The minimum absolute atomic E-state index is 0.143. The highest BCUT2D eigenvalue weighted by atomic mass is 16.5. The van der Waals surface area contributed by atoms with Crippen molar-refractivity contribution < 1.29 is 24.5 Å². The number of aliphatic carboxylic acids is 1. The third-order valence-electron chi connectivity index (χ3n) is 4.13. The summed E-state index contributed by atoms with van der Waals surface area (Å²) in [6.07, 6.45) is 12.1. The van der Waals surface area contributed by atoms with Crippen molar-refractivity contribution in [2.75, 3.05) is 6.61 Å². The highest BCUT2D eigenvalue weighted by molar-refractivity contribution is 5.89. The standard InChI is InChI=1S/C20H34O5/c1-4-18(21)12-10-8-6-5-7-9-11-15-25-20(24)17(3)14-13-16(2)19(22)23/h13-14,18,21H,4-12,15H2,1-3H3,(H,22,23). The van der Waals surface area contributed by atoms with Crippen molar-refractivity contribution in [1.82, 2.24) is 0 Å². The normalized spacial score (nSPS) is 13.6.